The van der Waals surface area contributed by atoms with Crippen molar-refractivity contribution in [3.63, 3.8) is 0 Å². The summed E-state index contributed by atoms with van der Waals surface area (Å²) in [6.45, 7) is 2.03. The maximum Gasteiger partial charge on any atom is 0.0705 e. The molecule has 1 unspecified atom stereocenters. The van der Waals surface area contributed by atoms with Gasteiger partial charge < -0.3 is 5.73 Å². The predicted molar refractivity (Wildman–Crippen MR) is 75.5 cm³/mol. The van der Waals surface area contributed by atoms with E-state index in [1.165, 1.54) is 23.8 Å². The Hall–Kier alpha value is -1.41. The van der Waals surface area contributed by atoms with Crippen LogP contribution in [0.15, 0.2) is 30.3 Å². The van der Waals surface area contributed by atoms with Gasteiger partial charge in [0.05, 0.1) is 5.52 Å². The fraction of sp³-hybridized carbons (Fsp3) is 0.438. The van der Waals surface area contributed by atoms with Gasteiger partial charge in [-0.3, -0.25) is 4.98 Å². The minimum atomic E-state index is 0.400. The minimum absolute atomic E-state index is 0.400. The van der Waals surface area contributed by atoms with Crippen molar-refractivity contribution < 1.29 is 0 Å². The molecule has 1 aliphatic carbocycles. The Morgan fingerprint density at radius 3 is 2.89 bits per heavy atom. The van der Waals surface area contributed by atoms with Gasteiger partial charge in [0, 0.05) is 17.1 Å². The Balaban J connectivity index is 1.74. The molecular weight excluding hydrogens is 220 g/mol. The summed E-state index contributed by atoms with van der Waals surface area (Å²) in [5.74, 6) is 0.801. The zero-order valence-corrected chi connectivity index (χ0v) is 10.9. The van der Waals surface area contributed by atoms with E-state index >= 15 is 0 Å². The standard InChI is InChI=1S/C16H20N2/c1-11-2-5-14-10-12(4-9-16(14)18-11)3-8-15(17)13-6-7-13/h2,4-5,9-10,13,15H,3,6-8,17H2,1H3. The first-order valence-electron chi connectivity index (χ1n) is 6.84. The van der Waals surface area contributed by atoms with E-state index in [1.54, 1.807) is 0 Å². The summed E-state index contributed by atoms with van der Waals surface area (Å²) < 4.78 is 0. The Bertz CT molecular complexity index is 558. The second-order valence-electron chi connectivity index (χ2n) is 5.52. The number of fused-ring (bicyclic) bond motifs is 1. The van der Waals surface area contributed by atoms with Gasteiger partial charge in [0.2, 0.25) is 0 Å². The van der Waals surface area contributed by atoms with E-state index in [-0.39, 0.29) is 0 Å². The first kappa shape index (κ1) is 11.7. The van der Waals surface area contributed by atoms with Crippen molar-refractivity contribution in [2.75, 3.05) is 0 Å². The lowest BCUT2D eigenvalue weighted by Crippen LogP contribution is -2.22. The van der Waals surface area contributed by atoms with Crippen LogP contribution in [0.3, 0.4) is 0 Å². The van der Waals surface area contributed by atoms with Gasteiger partial charge in [0.15, 0.2) is 0 Å². The van der Waals surface area contributed by atoms with Crippen LogP contribution in [0, 0.1) is 12.8 Å². The lowest BCUT2D eigenvalue weighted by molar-refractivity contribution is 0.550. The van der Waals surface area contributed by atoms with Gasteiger partial charge in [0.25, 0.3) is 0 Å². The van der Waals surface area contributed by atoms with Crippen LogP contribution in [0.4, 0.5) is 0 Å². The van der Waals surface area contributed by atoms with Crippen molar-refractivity contribution in [2.45, 2.75) is 38.6 Å². The molecule has 0 aliphatic heterocycles. The third-order valence-corrected chi connectivity index (χ3v) is 3.89. The Morgan fingerprint density at radius 2 is 2.11 bits per heavy atom. The lowest BCUT2D eigenvalue weighted by Gasteiger charge is -2.10. The van der Waals surface area contributed by atoms with Crippen molar-refractivity contribution in [3.05, 3.63) is 41.6 Å². The average molecular weight is 240 g/mol. The number of nitrogens with zero attached hydrogens (tertiary/aromatic N) is 1. The molecule has 3 rings (SSSR count). The summed E-state index contributed by atoms with van der Waals surface area (Å²) in [6.07, 6.45) is 4.86. The highest BCUT2D eigenvalue weighted by Crippen LogP contribution is 2.33. The van der Waals surface area contributed by atoms with E-state index in [1.807, 2.05) is 6.92 Å². The molecular formula is C16H20N2. The van der Waals surface area contributed by atoms with Gasteiger partial charge in [-0.15, -0.1) is 0 Å². The maximum absolute atomic E-state index is 6.15. The molecule has 2 N–H and O–H groups in total. The highest BCUT2D eigenvalue weighted by atomic mass is 14.7. The van der Waals surface area contributed by atoms with E-state index in [0.717, 1.165) is 30.0 Å². The van der Waals surface area contributed by atoms with E-state index in [9.17, 15) is 0 Å². The highest BCUT2D eigenvalue weighted by molar-refractivity contribution is 5.79. The predicted octanol–water partition coefficient (Wildman–Crippen LogP) is 3.21. The van der Waals surface area contributed by atoms with Crippen molar-refractivity contribution in [1.82, 2.24) is 4.98 Å². The molecule has 18 heavy (non-hydrogen) atoms. The van der Waals surface area contributed by atoms with Crippen molar-refractivity contribution in [3.8, 4) is 0 Å². The molecule has 1 saturated carbocycles. The molecule has 1 fully saturated rings. The molecule has 0 amide bonds. The van der Waals surface area contributed by atoms with Gasteiger partial charge >= 0.3 is 0 Å². The summed E-state index contributed by atoms with van der Waals surface area (Å²) in [7, 11) is 0. The molecule has 94 valence electrons. The highest BCUT2D eigenvalue weighted by Gasteiger charge is 2.27. The molecule has 0 saturated heterocycles. The Labute approximate surface area is 108 Å². The maximum atomic E-state index is 6.15. The van der Waals surface area contributed by atoms with Crippen LogP contribution >= 0.6 is 0 Å². The molecule has 1 atom stereocenters. The number of hydrogen-bond acceptors (Lipinski definition) is 2. The number of nitrogens with two attached hydrogens (primary N) is 1. The topological polar surface area (TPSA) is 38.9 Å². The van der Waals surface area contributed by atoms with Crippen LogP contribution in [-0.4, -0.2) is 11.0 Å². The number of benzene rings is 1. The van der Waals surface area contributed by atoms with Gasteiger partial charge in [0.1, 0.15) is 0 Å². The third kappa shape index (κ3) is 2.54. The summed E-state index contributed by atoms with van der Waals surface area (Å²) in [5.41, 5.74) is 9.69. The molecule has 2 nitrogen and oxygen atoms in total. The van der Waals surface area contributed by atoms with Gasteiger partial charge in [-0.25, -0.2) is 0 Å². The van der Waals surface area contributed by atoms with E-state index < -0.39 is 0 Å². The van der Waals surface area contributed by atoms with Crippen molar-refractivity contribution in [2.24, 2.45) is 11.7 Å². The monoisotopic (exact) mass is 240 g/mol. The number of pyridine rings is 1. The van der Waals surface area contributed by atoms with E-state index in [2.05, 4.69) is 35.3 Å². The Morgan fingerprint density at radius 1 is 1.28 bits per heavy atom. The number of rotatable bonds is 4. The largest absolute Gasteiger partial charge is 0.327 e. The molecule has 2 heteroatoms. The van der Waals surface area contributed by atoms with Gasteiger partial charge in [-0.05, 0) is 62.3 Å². The van der Waals surface area contributed by atoms with Crippen LogP contribution in [0.1, 0.15) is 30.5 Å². The molecule has 0 bridgehead atoms. The molecule has 1 heterocycles. The normalized spacial score (nSPS) is 17.0. The zero-order chi connectivity index (χ0) is 12.5. The fourth-order valence-electron chi connectivity index (χ4n) is 2.53. The van der Waals surface area contributed by atoms with Crippen LogP contribution in [0.5, 0.6) is 0 Å². The lowest BCUT2D eigenvalue weighted by atomic mass is 10.0. The number of hydrogen-bond donors (Lipinski definition) is 1. The van der Waals surface area contributed by atoms with Crippen molar-refractivity contribution in [1.29, 1.82) is 0 Å². The van der Waals surface area contributed by atoms with Crippen LogP contribution in [0.2, 0.25) is 0 Å². The average Bonchev–Trinajstić information content (AvgIpc) is 3.20. The number of aromatic nitrogens is 1. The van der Waals surface area contributed by atoms with Gasteiger partial charge in [-0.2, -0.15) is 0 Å². The SMILES string of the molecule is Cc1ccc2cc(CCC(N)C3CC3)ccc2n1. The second-order valence-corrected chi connectivity index (χ2v) is 5.52. The van der Waals surface area contributed by atoms with Crippen LogP contribution in [-0.2, 0) is 6.42 Å². The first-order valence-corrected chi connectivity index (χ1v) is 6.84. The zero-order valence-electron chi connectivity index (χ0n) is 10.9. The minimum Gasteiger partial charge on any atom is -0.327 e. The third-order valence-electron chi connectivity index (χ3n) is 3.89. The molecule has 1 aliphatic rings. The number of aryl methyl sites for hydroxylation is 2. The molecule has 0 radical (unpaired) electrons. The molecule has 1 aromatic carbocycles. The van der Waals surface area contributed by atoms with Crippen LogP contribution < -0.4 is 5.73 Å². The smallest absolute Gasteiger partial charge is 0.0705 e. The van der Waals surface area contributed by atoms with E-state index in [4.69, 9.17) is 5.73 Å². The summed E-state index contributed by atoms with van der Waals surface area (Å²) in [6, 6.07) is 11.2. The van der Waals surface area contributed by atoms with E-state index in [0.29, 0.717) is 6.04 Å². The Kier molecular flexibility index (Phi) is 3.04. The summed E-state index contributed by atoms with van der Waals surface area (Å²) >= 11 is 0. The first-order chi connectivity index (χ1) is 8.72. The molecule has 0 spiro atoms. The summed E-state index contributed by atoms with van der Waals surface area (Å²) in [4.78, 5) is 4.53. The quantitative estimate of drug-likeness (QED) is 0.891. The van der Waals surface area contributed by atoms with Crippen molar-refractivity contribution >= 4 is 10.9 Å². The second kappa shape index (κ2) is 4.69. The fourth-order valence-corrected chi connectivity index (χ4v) is 2.53. The summed E-state index contributed by atoms with van der Waals surface area (Å²) in [5, 5.41) is 1.23. The van der Waals surface area contributed by atoms with Gasteiger partial charge in [-0.1, -0.05) is 12.1 Å². The molecule has 1 aromatic heterocycles. The van der Waals surface area contributed by atoms with Crippen LogP contribution in [0.25, 0.3) is 10.9 Å². The molecule has 2 aromatic rings.